The summed E-state index contributed by atoms with van der Waals surface area (Å²) in [5.74, 6) is -0.396. The Balaban J connectivity index is 1.63. The molecular weight excluding hydrogens is 386 g/mol. The zero-order chi connectivity index (χ0) is 19.0. The fourth-order valence-electron chi connectivity index (χ4n) is 2.51. The van der Waals surface area contributed by atoms with Crippen LogP contribution in [-0.4, -0.2) is 20.9 Å². The van der Waals surface area contributed by atoms with E-state index in [4.69, 9.17) is 0 Å². The summed E-state index contributed by atoms with van der Waals surface area (Å²) in [7, 11) is 0. The Morgan fingerprint density at radius 1 is 1.11 bits per heavy atom. The van der Waals surface area contributed by atoms with Crippen molar-refractivity contribution >= 4 is 49.5 Å². The molecule has 0 saturated heterocycles. The summed E-state index contributed by atoms with van der Waals surface area (Å²) in [5, 5.41) is 24.2. The molecule has 0 atom stereocenters. The van der Waals surface area contributed by atoms with Gasteiger partial charge in [-0.1, -0.05) is 23.5 Å². The number of aromatic nitrogens is 1. The number of thiazole rings is 1. The Labute approximate surface area is 160 Å². The first-order valence-electron chi connectivity index (χ1n) is 7.76. The topological polar surface area (TPSA) is 105 Å². The van der Waals surface area contributed by atoms with Gasteiger partial charge in [-0.3, -0.25) is 14.9 Å². The second kappa shape index (κ2) is 6.78. The van der Waals surface area contributed by atoms with Gasteiger partial charge in [-0.2, -0.15) is 0 Å². The molecule has 9 heteroatoms. The highest BCUT2D eigenvalue weighted by molar-refractivity contribution is 7.21. The van der Waals surface area contributed by atoms with Crippen LogP contribution in [0.1, 0.15) is 9.67 Å². The average molecular weight is 397 g/mol. The van der Waals surface area contributed by atoms with Gasteiger partial charge in [0.2, 0.25) is 0 Å². The second-order valence-electron chi connectivity index (χ2n) is 5.57. The Morgan fingerprint density at radius 2 is 1.93 bits per heavy atom. The van der Waals surface area contributed by atoms with Crippen molar-refractivity contribution in [2.75, 3.05) is 5.32 Å². The number of carbonyl (C=O) groups excluding carboxylic acids is 1. The van der Waals surface area contributed by atoms with Crippen LogP contribution < -0.4 is 5.32 Å². The van der Waals surface area contributed by atoms with Gasteiger partial charge in [0.25, 0.3) is 5.91 Å². The molecule has 4 aromatic rings. The molecule has 0 bridgehead atoms. The lowest BCUT2D eigenvalue weighted by Crippen LogP contribution is -2.10. The lowest BCUT2D eigenvalue weighted by molar-refractivity contribution is -0.380. The number of thiophene rings is 1. The van der Waals surface area contributed by atoms with Crippen LogP contribution in [0.5, 0.6) is 5.75 Å². The first-order valence-corrected chi connectivity index (χ1v) is 9.39. The van der Waals surface area contributed by atoms with E-state index < -0.39 is 10.8 Å². The third kappa shape index (κ3) is 3.37. The van der Waals surface area contributed by atoms with Crippen LogP contribution in [0.2, 0.25) is 0 Å². The van der Waals surface area contributed by atoms with E-state index in [1.165, 1.54) is 29.5 Å². The zero-order valence-electron chi connectivity index (χ0n) is 13.6. The van der Waals surface area contributed by atoms with Crippen molar-refractivity contribution in [2.45, 2.75) is 0 Å². The predicted octanol–water partition coefficient (Wildman–Crippen LogP) is 4.89. The van der Waals surface area contributed by atoms with E-state index in [0.717, 1.165) is 21.6 Å². The summed E-state index contributed by atoms with van der Waals surface area (Å²) in [5.41, 5.74) is 1.80. The van der Waals surface area contributed by atoms with Gasteiger partial charge >= 0.3 is 5.00 Å². The Bertz CT molecular complexity index is 1150. The highest BCUT2D eigenvalue weighted by atomic mass is 32.1. The highest BCUT2D eigenvalue weighted by Gasteiger charge is 2.17. The number of rotatable bonds is 4. The molecule has 1 amide bonds. The lowest BCUT2D eigenvalue weighted by atomic mass is 10.2. The van der Waals surface area contributed by atoms with Crippen LogP contribution in [0.3, 0.4) is 0 Å². The monoisotopic (exact) mass is 397 g/mol. The number of phenolic OH excluding ortho intramolecular Hbond substituents is 1. The Hall–Kier alpha value is -3.30. The van der Waals surface area contributed by atoms with E-state index in [2.05, 4.69) is 10.3 Å². The number of anilines is 1. The second-order valence-corrected chi connectivity index (χ2v) is 7.66. The lowest BCUT2D eigenvalue weighted by Gasteiger charge is -2.07. The minimum absolute atomic E-state index is 0.0545. The summed E-state index contributed by atoms with van der Waals surface area (Å²) in [6.07, 6.45) is 0. The number of hydrogen-bond acceptors (Lipinski definition) is 7. The first-order chi connectivity index (χ1) is 13.0. The van der Waals surface area contributed by atoms with Gasteiger partial charge in [0.05, 0.1) is 25.6 Å². The van der Waals surface area contributed by atoms with Gasteiger partial charge in [-0.25, -0.2) is 4.98 Å². The summed E-state index contributed by atoms with van der Waals surface area (Å²) in [4.78, 5) is 27.3. The van der Waals surface area contributed by atoms with E-state index in [1.54, 1.807) is 12.1 Å². The predicted molar refractivity (Wildman–Crippen MR) is 106 cm³/mol. The van der Waals surface area contributed by atoms with E-state index in [9.17, 15) is 20.0 Å². The zero-order valence-corrected chi connectivity index (χ0v) is 15.2. The quantitative estimate of drug-likeness (QED) is 0.290. The summed E-state index contributed by atoms with van der Waals surface area (Å²) < 4.78 is 0.993. The fraction of sp³-hybridized carbons (Fsp3) is 0. The van der Waals surface area contributed by atoms with Gasteiger partial charge < -0.3 is 10.4 Å². The number of amides is 1. The molecule has 4 rings (SSSR count). The van der Waals surface area contributed by atoms with Gasteiger partial charge in [0, 0.05) is 11.8 Å². The summed E-state index contributed by atoms with van der Waals surface area (Å²) >= 11 is 2.24. The van der Waals surface area contributed by atoms with Crippen molar-refractivity contribution in [3.8, 4) is 16.3 Å². The smallest absolute Gasteiger partial charge is 0.324 e. The number of phenols is 1. The average Bonchev–Trinajstić information content (AvgIpc) is 3.30. The molecule has 2 aromatic heterocycles. The number of aromatic hydroxyl groups is 1. The fourth-order valence-corrected chi connectivity index (χ4v) is 4.22. The Morgan fingerprint density at radius 3 is 2.67 bits per heavy atom. The maximum atomic E-state index is 12.3. The van der Waals surface area contributed by atoms with Gasteiger partial charge in [-0.05, 0) is 36.4 Å². The van der Waals surface area contributed by atoms with Crippen LogP contribution in [0.25, 0.3) is 20.8 Å². The van der Waals surface area contributed by atoms with Crippen LogP contribution in [0, 0.1) is 10.1 Å². The van der Waals surface area contributed by atoms with Crippen LogP contribution in [-0.2, 0) is 0 Å². The maximum absolute atomic E-state index is 12.3. The number of nitrogens with one attached hydrogen (secondary N) is 1. The van der Waals surface area contributed by atoms with Crippen molar-refractivity contribution in [1.29, 1.82) is 0 Å². The molecule has 2 aromatic carbocycles. The number of carbonyl (C=O) groups is 1. The normalized spacial score (nSPS) is 10.8. The molecule has 2 heterocycles. The van der Waals surface area contributed by atoms with E-state index in [-0.39, 0.29) is 15.6 Å². The number of fused-ring (bicyclic) bond motifs is 1. The van der Waals surface area contributed by atoms with Gasteiger partial charge in [0.1, 0.15) is 10.8 Å². The van der Waals surface area contributed by atoms with Crippen molar-refractivity contribution < 1.29 is 14.8 Å². The molecule has 0 radical (unpaired) electrons. The van der Waals surface area contributed by atoms with E-state index in [1.807, 2.05) is 24.3 Å². The third-order valence-corrected chi connectivity index (χ3v) is 5.88. The molecule has 0 aliphatic rings. The molecule has 0 aliphatic carbocycles. The maximum Gasteiger partial charge on any atom is 0.324 e. The van der Waals surface area contributed by atoms with E-state index in [0.29, 0.717) is 16.3 Å². The molecule has 7 nitrogen and oxygen atoms in total. The van der Waals surface area contributed by atoms with Crippen LogP contribution in [0.15, 0.2) is 54.6 Å². The van der Waals surface area contributed by atoms with Gasteiger partial charge in [-0.15, -0.1) is 11.3 Å². The van der Waals surface area contributed by atoms with Crippen molar-refractivity contribution in [2.24, 2.45) is 0 Å². The molecule has 0 fully saturated rings. The number of para-hydroxylation sites is 1. The summed E-state index contributed by atoms with van der Waals surface area (Å²) in [6.45, 7) is 0. The molecule has 2 N–H and O–H groups in total. The van der Waals surface area contributed by atoms with E-state index >= 15 is 0 Å². The number of benzene rings is 2. The number of nitrogens with zero attached hydrogens (tertiary/aromatic N) is 2. The van der Waals surface area contributed by atoms with Crippen molar-refractivity contribution in [3.05, 3.63) is 69.6 Å². The molecule has 134 valence electrons. The van der Waals surface area contributed by atoms with Crippen molar-refractivity contribution in [1.82, 2.24) is 4.98 Å². The minimum Gasteiger partial charge on any atom is -0.507 e. The highest BCUT2D eigenvalue weighted by Crippen LogP contribution is 2.37. The first kappa shape index (κ1) is 17.1. The van der Waals surface area contributed by atoms with Crippen LogP contribution in [0.4, 0.5) is 10.7 Å². The SMILES string of the molecule is O=C(Nc1ccc(O)c(-c2nc3ccccc3s2)c1)c1ccc([N+](=O)[O-])s1. The number of hydrogen-bond donors (Lipinski definition) is 2. The largest absolute Gasteiger partial charge is 0.507 e. The van der Waals surface area contributed by atoms with Crippen molar-refractivity contribution in [3.63, 3.8) is 0 Å². The standard InChI is InChI=1S/C18H11N3O4S2/c22-13-6-5-10(19-17(23)15-7-8-16(26-15)21(24)25)9-11(13)18-20-12-3-1-2-4-14(12)27-18/h1-9,22H,(H,19,23). The molecule has 0 saturated carbocycles. The molecule has 0 spiro atoms. The summed E-state index contributed by atoms with van der Waals surface area (Å²) in [6, 6.07) is 15.0. The van der Waals surface area contributed by atoms with Gasteiger partial charge in [0.15, 0.2) is 0 Å². The molecular formula is C18H11N3O4S2. The molecule has 0 aliphatic heterocycles. The molecule has 27 heavy (non-hydrogen) atoms. The Kier molecular flexibility index (Phi) is 4.30. The third-order valence-electron chi connectivity index (χ3n) is 3.77. The minimum atomic E-state index is -0.534. The van der Waals surface area contributed by atoms with Crippen LogP contribution >= 0.6 is 22.7 Å². The molecule has 0 unspecified atom stereocenters. The number of nitro groups is 1.